The van der Waals surface area contributed by atoms with Gasteiger partial charge in [0.2, 0.25) is 6.79 Å². The van der Waals surface area contributed by atoms with Crippen molar-refractivity contribution in [1.29, 1.82) is 5.41 Å². The molecule has 2 aromatic carbocycles. The van der Waals surface area contributed by atoms with Crippen LogP contribution in [-0.2, 0) is 45.1 Å². The van der Waals surface area contributed by atoms with Crippen LogP contribution in [0.2, 0.25) is 0 Å². The Hall–Kier alpha value is -6.52. The van der Waals surface area contributed by atoms with Crippen LogP contribution in [0.3, 0.4) is 0 Å². The standard InChI is InChI=1S/C38H44FN7O10.C2H6O3S/c1-23(2)20-54-37(49)43-32(40)26-11-9-25(10-12-26)17-29(28-18-27(51-7)19-30(31(28)39)53-16-15-52-24(3)47)33-44-36(46(45-33)35-41-13-8-14-42-35)56-22-55-34(48)38(4,5)21-50-6;1-2-6(3,4)5/h8-14,18-19,29H,1,15-17,20-22H2,2-7H3,(H2,40,43,49);2H2,1H3,(H,3,4,5)/t29-;/m1./s1. The van der Waals surface area contributed by atoms with Gasteiger partial charge in [0.1, 0.15) is 31.4 Å². The Balaban J connectivity index is 0.00000159. The number of carbonyl (C=O) groups is 3. The Bertz CT molecular complexity index is 2270. The zero-order valence-corrected chi connectivity index (χ0v) is 36.1. The van der Waals surface area contributed by atoms with Crippen LogP contribution in [0.15, 0.2) is 67.0 Å². The van der Waals surface area contributed by atoms with Crippen molar-refractivity contribution < 1.29 is 64.9 Å². The average molecular weight is 888 g/mol. The molecular formula is C40H50FN7O13S. The summed E-state index contributed by atoms with van der Waals surface area (Å²) in [5, 5.41) is 15.4. The number of esters is 2. The molecule has 4 aromatic rings. The highest BCUT2D eigenvalue weighted by Gasteiger charge is 2.31. The Morgan fingerprint density at radius 1 is 1.02 bits per heavy atom. The molecule has 1 amide bonds. The van der Waals surface area contributed by atoms with Crippen molar-refractivity contribution >= 4 is 34.0 Å². The Kier molecular flexibility index (Phi) is 18.9. The maximum atomic E-state index is 16.6. The van der Waals surface area contributed by atoms with E-state index in [0.29, 0.717) is 16.7 Å². The molecule has 22 heteroatoms. The topological polar surface area (TPSA) is 263 Å². The molecular weight excluding hydrogens is 838 g/mol. The minimum Gasteiger partial charge on any atom is -0.497 e. The van der Waals surface area contributed by atoms with Crippen LogP contribution >= 0.6 is 0 Å². The quantitative estimate of drug-likeness (QED) is 0.0160. The largest absolute Gasteiger partial charge is 0.497 e. The third-order valence-electron chi connectivity index (χ3n) is 8.11. The van der Waals surface area contributed by atoms with Crippen molar-refractivity contribution in [1.82, 2.24) is 30.0 Å². The molecule has 336 valence electrons. The first kappa shape index (κ1) is 49.8. The first-order valence-corrected chi connectivity index (χ1v) is 20.3. The molecule has 2 heterocycles. The molecule has 0 spiro atoms. The SMILES string of the molecule is C=C(C)COC(=O)NC(=N)c1ccc(C[C@@H](c2nc(OCOC(=O)C(C)(C)COC)n(-c3ncccn3)n2)c2cc(OC)cc(OCCOC(C)=O)c2F)cc1.CCS(=O)(=O)O. The molecule has 0 aliphatic rings. The number of nitrogens with zero attached hydrogens (tertiary/aromatic N) is 5. The second-order valence-corrected chi connectivity index (χ2v) is 15.5. The molecule has 0 aliphatic heterocycles. The van der Waals surface area contributed by atoms with Crippen LogP contribution in [0.5, 0.6) is 17.5 Å². The van der Waals surface area contributed by atoms with Crippen LogP contribution in [0.4, 0.5) is 9.18 Å². The first-order chi connectivity index (χ1) is 29.3. The summed E-state index contributed by atoms with van der Waals surface area (Å²) in [6, 6.07) is 10.9. The molecule has 20 nitrogen and oxygen atoms in total. The molecule has 0 saturated heterocycles. The fourth-order valence-electron chi connectivity index (χ4n) is 5.02. The Morgan fingerprint density at radius 3 is 2.26 bits per heavy atom. The smallest absolute Gasteiger partial charge is 0.413 e. The van der Waals surface area contributed by atoms with E-state index in [0.717, 1.165) is 0 Å². The highest BCUT2D eigenvalue weighted by atomic mass is 32.2. The Morgan fingerprint density at radius 2 is 1.68 bits per heavy atom. The van der Waals surface area contributed by atoms with Gasteiger partial charge < -0.3 is 33.2 Å². The predicted molar refractivity (Wildman–Crippen MR) is 219 cm³/mol. The summed E-state index contributed by atoms with van der Waals surface area (Å²) in [6.07, 6.45) is 2.23. The van der Waals surface area contributed by atoms with E-state index in [4.69, 9.17) is 43.1 Å². The van der Waals surface area contributed by atoms with Crippen molar-refractivity contribution in [3.63, 3.8) is 0 Å². The zero-order valence-electron chi connectivity index (χ0n) is 35.3. The molecule has 3 N–H and O–H groups in total. The molecule has 1 atom stereocenters. The number of hydrogen-bond acceptors (Lipinski definition) is 17. The fraction of sp³-hybridized carbons (Fsp3) is 0.400. The number of amides is 1. The first-order valence-electron chi connectivity index (χ1n) is 18.7. The number of aromatic nitrogens is 5. The van der Waals surface area contributed by atoms with Crippen LogP contribution in [0.25, 0.3) is 5.95 Å². The second-order valence-electron chi connectivity index (χ2n) is 13.8. The van der Waals surface area contributed by atoms with Crippen LogP contribution < -0.4 is 19.5 Å². The summed E-state index contributed by atoms with van der Waals surface area (Å²) < 4.78 is 82.1. The van der Waals surface area contributed by atoms with Gasteiger partial charge >= 0.3 is 24.0 Å². The summed E-state index contributed by atoms with van der Waals surface area (Å²) in [7, 11) is -0.785. The van der Waals surface area contributed by atoms with Crippen molar-refractivity contribution in [3.8, 4) is 23.5 Å². The van der Waals surface area contributed by atoms with E-state index in [9.17, 15) is 22.8 Å². The van der Waals surface area contributed by atoms with E-state index in [1.807, 2.05) is 0 Å². The third-order valence-corrected chi connectivity index (χ3v) is 8.83. The number of halogens is 1. The zero-order chi connectivity index (χ0) is 46.0. The number of alkyl carbamates (subject to hydrolysis) is 1. The third kappa shape index (κ3) is 15.8. The van der Waals surface area contributed by atoms with Gasteiger partial charge in [-0.1, -0.05) is 30.8 Å². The molecule has 0 saturated carbocycles. The molecule has 2 aromatic heterocycles. The summed E-state index contributed by atoms with van der Waals surface area (Å²) >= 11 is 0. The van der Waals surface area contributed by atoms with Gasteiger partial charge in [0.05, 0.1) is 30.8 Å². The van der Waals surface area contributed by atoms with Gasteiger partial charge in [0, 0.05) is 43.6 Å². The number of benzene rings is 2. The van der Waals surface area contributed by atoms with Crippen LogP contribution in [0, 0.1) is 16.6 Å². The van der Waals surface area contributed by atoms with E-state index in [2.05, 4.69) is 31.9 Å². The number of amidine groups is 1. The van der Waals surface area contributed by atoms with Crippen molar-refractivity contribution in [2.45, 2.75) is 47.0 Å². The van der Waals surface area contributed by atoms with Gasteiger partial charge in [0.15, 0.2) is 17.4 Å². The summed E-state index contributed by atoms with van der Waals surface area (Å²) in [4.78, 5) is 49.3. The lowest BCUT2D eigenvalue weighted by molar-refractivity contribution is -0.163. The molecule has 0 radical (unpaired) electrons. The molecule has 4 rings (SSSR count). The number of carbonyl (C=O) groups excluding carboxylic acids is 3. The average Bonchev–Trinajstić information content (AvgIpc) is 3.65. The lowest BCUT2D eigenvalue weighted by Crippen LogP contribution is -2.32. The number of methoxy groups -OCH3 is 2. The molecule has 0 aliphatic carbocycles. The monoisotopic (exact) mass is 887 g/mol. The molecule has 0 fully saturated rings. The van der Waals surface area contributed by atoms with Crippen molar-refractivity contribution in [2.75, 3.05) is 53.2 Å². The molecule has 0 bridgehead atoms. The lowest BCUT2D eigenvalue weighted by atomic mass is 9.90. The molecule has 62 heavy (non-hydrogen) atoms. The van der Waals surface area contributed by atoms with Gasteiger partial charge in [-0.15, -0.1) is 9.78 Å². The minimum atomic E-state index is -3.66. The fourth-order valence-corrected chi connectivity index (χ4v) is 5.02. The summed E-state index contributed by atoms with van der Waals surface area (Å²) in [6.45, 7) is 10.6. The number of hydrogen-bond donors (Lipinski definition) is 3. The number of rotatable bonds is 20. The van der Waals surface area contributed by atoms with Crippen molar-refractivity contribution in [2.24, 2.45) is 5.41 Å². The van der Waals surface area contributed by atoms with Crippen LogP contribution in [0.1, 0.15) is 63.1 Å². The lowest BCUT2D eigenvalue weighted by Gasteiger charge is -2.21. The van der Waals surface area contributed by atoms with Crippen LogP contribution in [-0.4, -0.2) is 115 Å². The Labute approximate surface area is 358 Å². The van der Waals surface area contributed by atoms with E-state index >= 15 is 4.39 Å². The van der Waals surface area contributed by atoms with E-state index in [-0.39, 0.29) is 79.3 Å². The second kappa shape index (κ2) is 23.5. The molecule has 0 unspecified atom stereocenters. The van der Waals surface area contributed by atoms with E-state index in [1.54, 1.807) is 51.1 Å². The van der Waals surface area contributed by atoms with E-state index < -0.39 is 52.1 Å². The number of ether oxygens (including phenoxy) is 7. The summed E-state index contributed by atoms with van der Waals surface area (Å²) in [5.74, 6) is -3.06. The van der Waals surface area contributed by atoms with Gasteiger partial charge in [-0.3, -0.25) is 24.9 Å². The highest BCUT2D eigenvalue weighted by molar-refractivity contribution is 7.85. The van der Waals surface area contributed by atoms with E-state index in [1.165, 1.54) is 57.3 Å². The minimum absolute atomic E-state index is 0.00385. The van der Waals surface area contributed by atoms with Gasteiger partial charge in [-0.25, -0.2) is 19.2 Å². The van der Waals surface area contributed by atoms with Gasteiger partial charge in [-0.2, -0.15) is 13.4 Å². The maximum Gasteiger partial charge on any atom is 0.413 e. The predicted octanol–water partition coefficient (Wildman–Crippen LogP) is 4.60. The summed E-state index contributed by atoms with van der Waals surface area (Å²) in [5.41, 5.74) is 0.760. The number of nitrogens with one attached hydrogen (secondary N) is 2. The normalized spacial score (nSPS) is 11.6. The maximum absolute atomic E-state index is 16.6. The van der Waals surface area contributed by atoms with Crippen molar-refractivity contribution in [3.05, 3.63) is 95.3 Å². The van der Waals surface area contributed by atoms with Gasteiger partial charge in [-0.05, 0) is 57.4 Å². The highest BCUT2D eigenvalue weighted by Crippen LogP contribution is 2.37. The van der Waals surface area contributed by atoms with Gasteiger partial charge in [0.25, 0.3) is 16.1 Å².